The highest BCUT2D eigenvalue weighted by Gasteiger charge is 2.32. The fraction of sp³-hybridized carbons (Fsp3) is 0.818. The fourth-order valence-corrected chi connectivity index (χ4v) is 2.65. The molecule has 3 N–H and O–H groups in total. The van der Waals surface area contributed by atoms with Gasteiger partial charge in [0.2, 0.25) is 5.91 Å². The molecule has 17 heavy (non-hydrogen) atoms. The Labute approximate surface area is 105 Å². The SMILES string of the molecule is O=C(O)CSCC(=O)NC1(CO)CCCCC1. The summed E-state index contributed by atoms with van der Waals surface area (Å²) >= 11 is 1.07. The lowest BCUT2D eigenvalue weighted by atomic mass is 9.82. The number of hydrogen-bond acceptors (Lipinski definition) is 4. The molecule has 1 rings (SSSR count). The quantitative estimate of drug-likeness (QED) is 0.652. The lowest BCUT2D eigenvalue weighted by Gasteiger charge is -2.36. The molecule has 0 radical (unpaired) electrons. The molecular formula is C11H19NO4S. The van der Waals surface area contributed by atoms with E-state index in [0.717, 1.165) is 43.9 Å². The van der Waals surface area contributed by atoms with Crippen molar-refractivity contribution in [2.45, 2.75) is 37.6 Å². The number of hydrogen-bond donors (Lipinski definition) is 3. The number of amides is 1. The molecule has 98 valence electrons. The molecule has 0 aliphatic heterocycles. The summed E-state index contributed by atoms with van der Waals surface area (Å²) in [5.41, 5.74) is -0.473. The summed E-state index contributed by atoms with van der Waals surface area (Å²) in [6.45, 7) is -0.0393. The maximum atomic E-state index is 11.6. The van der Waals surface area contributed by atoms with Crippen LogP contribution in [0.5, 0.6) is 0 Å². The van der Waals surface area contributed by atoms with Crippen LogP contribution in [0, 0.1) is 0 Å². The van der Waals surface area contributed by atoms with Crippen LogP contribution in [0.4, 0.5) is 0 Å². The van der Waals surface area contributed by atoms with Crippen molar-refractivity contribution >= 4 is 23.6 Å². The van der Waals surface area contributed by atoms with Gasteiger partial charge in [0, 0.05) is 0 Å². The molecule has 1 aliphatic rings. The predicted octanol–water partition coefficient (Wildman–Crippen LogP) is 0.616. The average molecular weight is 261 g/mol. The topological polar surface area (TPSA) is 86.6 Å². The lowest BCUT2D eigenvalue weighted by molar-refractivity contribution is -0.133. The Bertz CT molecular complexity index is 277. The molecule has 0 unspecified atom stereocenters. The van der Waals surface area contributed by atoms with Crippen molar-refractivity contribution in [2.24, 2.45) is 0 Å². The van der Waals surface area contributed by atoms with Crippen LogP contribution in [0.3, 0.4) is 0 Å². The van der Waals surface area contributed by atoms with E-state index in [1.165, 1.54) is 0 Å². The lowest BCUT2D eigenvalue weighted by Crippen LogP contribution is -2.53. The highest BCUT2D eigenvalue weighted by molar-refractivity contribution is 8.00. The first-order valence-corrected chi connectivity index (χ1v) is 6.95. The van der Waals surface area contributed by atoms with Gasteiger partial charge in [-0.05, 0) is 12.8 Å². The summed E-state index contributed by atoms with van der Waals surface area (Å²) in [6.07, 6.45) is 4.79. The Morgan fingerprint density at radius 1 is 1.18 bits per heavy atom. The maximum absolute atomic E-state index is 11.6. The van der Waals surface area contributed by atoms with Gasteiger partial charge in [-0.2, -0.15) is 0 Å². The number of aliphatic carboxylic acids is 1. The molecule has 1 fully saturated rings. The van der Waals surface area contributed by atoms with Crippen LogP contribution in [0.1, 0.15) is 32.1 Å². The highest BCUT2D eigenvalue weighted by Crippen LogP contribution is 2.27. The van der Waals surface area contributed by atoms with E-state index < -0.39 is 11.5 Å². The number of carbonyl (C=O) groups is 2. The van der Waals surface area contributed by atoms with Crippen molar-refractivity contribution in [3.63, 3.8) is 0 Å². The number of carboxylic acids is 1. The minimum absolute atomic E-state index is 0.0393. The Hall–Kier alpha value is -0.750. The maximum Gasteiger partial charge on any atom is 0.313 e. The van der Waals surface area contributed by atoms with E-state index in [1.54, 1.807) is 0 Å². The van der Waals surface area contributed by atoms with Crippen molar-refractivity contribution in [2.75, 3.05) is 18.1 Å². The van der Waals surface area contributed by atoms with Crippen LogP contribution in [-0.4, -0.2) is 45.7 Å². The van der Waals surface area contributed by atoms with E-state index in [-0.39, 0.29) is 24.0 Å². The van der Waals surface area contributed by atoms with E-state index in [2.05, 4.69) is 5.32 Å². The third-order valence-electron chi connectivity index (χ3n) is 2.98. The molecule has 6 heteroatoms. The van der Waals surface area contributed by atoms with Gasteiger partial charge in [0.25, 0.3) is 0 Å². The molecule has 0 aromatic carbocycles. The number of aliphatic hydroxyl groups excluding tert-OH is 1. The van der Waals surface area contributed by atoms with E-state index in [1.807, 2.05) is 0 Å². The van der Waals surface area contributed by atoms with Crippen molar-refractivity contribution in [1.82, 2.24) is 5.32 Å². The van der Waals surface area contributed by atoms with Crippen LogP contribution in [0.2, 0.25) is 0 Å². The molecular weight excluding hydrogens is 242 g/mol. The number of rotatable bonds is 6. The molecule has 0 aromatic rings. The van der Waals surface area contributed by atoms with E-state index in [9.17, 15) is 14.7 Å². The standard InChI is InChI=1S/C11H19NO4S/c13-8-11(4-2-1-3-5-11)12-9(14)6-17-7-10(15)16/h13H,1-8H2,(H,12,14)(H,15,16). The molecule has 0 saturated heterocycles. The molecule has 0 spiro atoms. The molecule has 0 bridgehead atoms. The molecule has 0 atom stereocenters. The van der Waals surface area contributed by atoms with Gasteiger partial charge < -0.3 is 15.5 Å². The van der Waals surface area contributed by atoms with Crippen LogP contribution >= 0.6 is 11.8 Å². The van der Waals surface area contributed by atoms with Gasteiger partial charge in [-0.3, -0.25) is 9.59 Å². The number of thioether (sulfide) groups is 1. The van der Waals surface area contributed by atoms with Gasteiger partial charge >= 0.3 is 5.97 Å². The number of nitrogens with one attached hydrogen (secondary N) is 1. The summed E-state index contributed by atoms with van der Waals surface area (Å²) in [5.74, 6) is -1.04. The van der Waals surface area contributed by atoms with Gasteiger partial charge in [-0.1, -0.05) is 19.3 Å². The summed E-state index contributed by atoms with van der Waals surface area (Å²) in [6, 6.07) is 0. The minimum atomic E-state index is -0.919. The second-order valence-electron chi connectivity index (χ2n) is 4.43. The molecule has 0 aromatic heterocycles. The van der Waals surface area contributed by atoms with Crippen molar-refractivity contribution in [3.8, 4) is 0 Å². The fourth-order valence-electron chi connectivity index (χ4n) is 2.11. The van der Waals surface area contributed by atoms with E-state index >= 15 is 0 Å². The van der Waals surface area contributed by atoms with Gasteiger partial charge in [0.1, 0.15) is 0 Å². The third kappa shape index (κ3) is 4.95. The first kappa shape index (κ1) is 14.3. The van der Waals surface area contributed by atoms with E-state index in [4.69, 9.17) is 5.11 Å². The molecule has 0 heterocycles. The summed E-state index contributed by atoms with van der Waals surface area (Å²) < 4.78 is 0. The average Bonchev–Trinajstić information content (AvgIpc) is 2.29. The highest BCUT2D eigenvalue weighted by atomic mass is 32.2. The predicted molar refractivity (Wildman–Crippen MR) is 66.0 cm³/mol. The molecule has 1 amide bonds. The van der Waals surface area contributed by atoms with Crippen molar-refractivity contribution < 1.29 is 19.8 Å². The summed E-state index contributed by atoms with van der Waals surface area (Å²) in [5, 5.41) is 20.7. The Balaban J connectivity index is 2.34. The van der Waals surface area contributed by atoms with Gasteiger partial charge in [0.15, 0.2) is 0 Å². The third-order valence-corrected chi connectivity index (χ3v) is 3.89. The minimum Gasteiger partial charge on any atom is -0.481 e. The van der Waals surface area contributed by atoms with Gasteiger partial charge in [0.05, 0.1) is 23.7 Å². The van der Waals surface area contributed by atoms with E-state index in [0.29, 0.717) is 0 Å². The smallest absolute Gasteiger partial charge is 0.313 e. The Kier molecular flexibility index (Phi) is 5.77. The largest absolute Gasteiger partial charge is 0.481 e. The van der Waals surface area contributed by atoms with Gasteiger partial charge in [-0.25, -0.2) is 0 Å². The Morgan fingerprint density at radius 2 is 1.82 bits per heavy atom. The van der Waals surface area contributed by atoms with Crippen LogP contribution in [0.25, 0.3) is 0 Å². The number of aliphatic hydroxyl groups is 1. The second-order valence-corrected chi connectivity index (χ2v) is 5.42. The van der Waals surface area contributed by atoms with Gasteiger partial charge in [-0.15, -0.1) is 11.8 Å². The first-order chi connectivity index (χ1) is 8.08. The zero-order valence-corrected chi connectivity index (χ0v) is 10.6. The van der Waals surface area contributed by atoms with Crippen molar-refractivity contribution in [1.29, 1.82) is 0 Å². The number of carboxylic acid groups (broad SMARTS) is 1. The molecule has 1 aliphatic carbocycles. The number of carbonyl (C=O) groups excluding carboxylic acids is 1. The van der Waals surface area contributed by atoms with Crippen LogP contribution in [0.15, 0.2) is 0 Å². The van der Waals surface area contributed by atoms with Crippen LogP contribution < -0.4 is 5.32 Å². The summed E-state index contributed by atoms with van der Waals surface area (Å²) in [7, 11) is 0. The second kappa shape index (κ2) is 6.86. The zero-order valence-electron chi connectivity index (χ0n) is 9.78. The first-order valence-electron chi connectivity index (χ1n) is 5.79. The molecule has 5 nitrogen and oxygen atoms in total. The molecule has 1 saturated carbocycles. The zero-order chi connectivity index (χ0) is 12.7. The summed E-state index contributed by atoms with van der Waals surface area (Å²) in [4.78, 5) is 21.9. The normalized spacial score (nSPS) is 18.6. The van der Waals surface area contributed by atoms with Crippen LogP contribution in [-0.2, 0) is 9.59 Å². The van der Waals surface area contributed by atoms with Crippen molar-refractivity contribution in [3.05, 3.63) is 0 Å². The monoisotopic (exact) mass is 261 g/mol. The Morgan fingerprint density at radius 3 is 2.35 bits per heavy atom.